The number of aryl methyl sites for hydroxylation is 1. The van der Waals surface area contributed by atoms with Crippen molar-refractivity contribution in [2.24, 2.45) is 0 Å². The van der Waals surface area contributed by atoms with Gasteiger partial charge in [-0.1, -0.05) is 30.3 Å². The van der Waals surface area contributed by atoms with Gasteiger partial charge >= 0.3 is 0 Å². The highest BCUT2D eigenvalue weighted by Gasteiger charge is 2.22. The van der Waals surface area contributed by atoms with Gasteiger partial charge in [0.15, 0.2) is 4.80 Å². The van der Waals surface area contributed by atoms with Crippen molar-refractivity contribution in [1.29, 1.82) is 5.41 Å². The predicted octanol–water partition coefficient (Wildman–Crippen LogP) is 2.70. The van der Waals surface area contributed by atoms with Crippen molar-refractivity contribution < 1.29 is 4.79 Å². The van der Waals surface area contributed by atoms with Gasteiger partial charge in [0.1, 0.15) is 12.3 Å². The zero-order valence-electron chi connectivity index (χ0n) is 10.6. The van der Waals surface area contributed by atoms with Crippen LogP contribution in [-0.4, -0.2) is 10.9 Å². The van der Waals surface area contributed by atoms with Crippen molar-refractivity contribution in [2.45, 2.75) is 31.7 Å². The fourth-order valence-corrected chi connectivity index (χ4v) is 3.87. The van der Waals surface area contributed by atoms with Gasteiger partial charge in [0.2, 0.25) is 0 Å². The van der Waals surface area contributed by atoms with Crippen molar-refractivity contribution in [3.63, 3.8) is 0 Å². The third-order valence-electron chi connectivity index (χ3n) is 3.67. The maximum Gasteiger partial charge on any atom is 0.183 e. The predicted molar refractivity (Wildman–Crippen MR) is 75.5 cm³/mol. The number of nitrogens with one attached hydrogen (secondary N) is 1. The summed E-state index contributed by atoms with van der Waals surface area (Å²) >= 11 is 1.53. The number of aromatic nitrogens is 1. The maximum absolute atomic E-state index is 11.5. The quantitative estimate of drug-likeness (QED) is 0.858. The smallest absolute Gasteiger partial charge is 0.183 e. The zero-order valence-corrected chi connectivity index (χ0v) is 11.5. The van der Waals surface area contributed by atoms with Gasteiger partial charge in [-0.2, -0.15) is 0 Å². The number of carbonyl (C=O) groups is 1. The van der Waals surface area contributed by atoms with E-state index in [9.17, 15) is 4.79 Å². The number of fused-ring (bicyclic) bond motifs is 1. The first-order valence-corrected chi connectivity index (χ1v) is 7.41. The first-order chi connectivity index (χ1) is 9.31. The fourth-order valence-electron chi connectivity index (χ4n) is 2.75. The number of rotatable bonds is 3. The number of hydrogen-bond donors (Lipinski definition) is 1. The van der Waals surface area contributed by atoms with Crippen LogP contribution in [0, 0.1) is 5.41 Å². The molecule has 0 bridgehead atoms. The van der Waals surface area contributed by atoms with Gasteiger partial charge in [-0.15, -0.1) is 11.3 Å². The SMILES string of the molecule is N=c1sc2c(n1C(C=O)c1ccccc1)CCCC2. The number of thiazole rings is 1. The van der Waals surface area contributed by atoms with Crippen molar-refractivity contribution in [3.05, 3.63) is 51.3 Å². The minimum Gasteiger partial charge on any atom is -0.307 e. The van der Waals surface area contributed by atoms with Crippen LogP contribution in [0.1, 0.15) is 35.0 Å². The molecule has 0 aliphatic heterocycles. The van der Waals surface area contributed by atoms with Gasteiger partial charge in [0.25, 0.3) is 0 Å². The Labute approximate surface area is 116 Å². The lowest BCUT2D eigenvalue weighted by molar-refractivity contribution is -0.109. The minimum absolute atomic E-state index is 0.355. The van der Waals surface area contributed by atoms with Gasteiger partial charge < -0.3 is 9.36 Å². The summed E-state index contributed by atoms with van der Waals surface area (Å²) in [5.41, 5.74) is 2.16. The Kier molecular flexibility index (Phi) is 3.34. The van der Waals surface area contributed by atoms with E-state index in [1.807, 2.05) is 34.9 Å². The molecule has 0 radical (unpaired) electrons. The zero-order chi connectivity index (χ0) is 13.2. The molecule has 98 valence electrons. The molecule has 0 fully saturated rings. The molecule has 19 heavy (non-hydrogen) atoms. The normalized spacial score (nSPS) is 15.8. The molecule has 1 atom stereocenters. The van der Waals surface area contributed by atoms with Gasteiger partial charge in [-0.3, -0.25) is 5.41 Å². The fraction of sp³-hybridized carbons (Fsp3) is 0.333. The van der Waals surface area contributed by atoms with Gasteiger partial charge in [-0.05, 0) is 31.2 Å². The van der Waals surface area contributed by atoms with E-state index in [1.165, 1.54) is 28.3 Å². The number of benzene rings is 1. The molecule has 1 aromatic heterocycles. The molecule has 4 heteroatoms. The van der Waals surface area contributed by atoms with Crippen LogP contribution < -0.4 is 4.80 Å². The molecule has 1 unspecified atom stereocenters. The van der Waals surface area contributed by atoms with Crippen LogP contribution in [0.3, 0.4) is 0 Å². The van der Waals surface area contributed by atoms with Crippen LogP contribution in [-0.2, 0) is 17.6 Å². The van der Waals surface area contributed by atoms with E-state index < -0.39 is 0 Å². The lowest BCUT2D eigenvalue weighted by Crippen LogP contribution is -2.25. The molecule has 1 aliphatic rings. The summed E-state index contributed by atoms with van der Waals surface area (Å²) in [6.07, 6.45) is 5.35. The van der Waals surface area contributed by atoms with Gasteiger partial charge in [0.05, 0.1) is 0 Å². The van der Waals surface area contributed by atoms with Crippen molar-refractivity contribution in [1.82, 2.24) is 4.57 Å². The Hall–Kier alpha value is -1.68. The molecule has 1 N–H and O–H groups in total. The van der Waals surface area contributed by atoms with E-state index in [0.717, 1.165) is 31.1 Å². The van der Waals surface area contributed by atoms with Crippen LogP contribution in [0.4, 0.5) is 0 Å². The first kappa shape index (κ1) is 12.4. The van der Waals surface area contributed by atoms with Crippen molar-refractivity contribution in [2.75, 3.05) is 0 Å². The van der Waals surface area contributed by atoms with Gasteiger partial charge in [0, 0.05) is 10.6 Å². The summed E-state index contributed by atoms with van der Waals surface area (Å²) in [6, 6.07) is 9.38. The Balaban J connectivity index is 2.12. The molecule has 3 nitrogen and oxygen atoms in total. The van der Waals surface area contributed by atoms with E-state index >= 15 is 0 Å². The highest BCUT2D eigenvalue weighted by Crippen LogP contribution is 2.27. The average molecular weight is 272 g/mol. The summed E-state index contributed by atoms with van der Waals surface area (Å²) in [5.74, 6) is 0. The molecule has 0 amide bonds. The van der Waals surface area contributed by atoms with Gasteiger partial charge in [-0.25, -0.2) is 0 Å². The van der Waals surface area contributed by atoms with E-state index in [0.29, 0.717) is 4.80 Å². The first-order valence-electron chi connectivity index (χ1n) is 6.59. The molecule has 1 aliphatic carbocycles. The number of hydrogen-bond acceptors (Lipinski definition) is 3. The molecule has 3 rings (SSSR count). The van der Waals surface area contributed by atoms with Crippen molar-refractivity contribution in [3.8, 4) is 0 Å². The van der Waals surface area contributed by atoms with Crippen LogP contribution in [0.2, 0.25) is 0 Å². The van der Waals surface area contributed by atoms with Crippen LogP contribution in [0.25, 0.3) is 0 Å². The number of carbonyl (C=O) groups excluding carboxylic acids is 1. The Morgan fingerprint density at radius 3 is 2.68 bits per heavy atom. The third-order valence-corrected chi connectivity index (χ3v) is 4.74. The maximum atomic E-state index is 11.5. The third kappa shape index (κ3) is 2.16. The highest BCUT2D eigenvalue weighted by molar-refractivity contribution is 7.09. The molecule has 1 aromatic carbocycles. The average Bonchev–Trinajstić information content (AvgIpc) is 2.78. The van der Waals surface area contributed by atoms with Crippen LogP contribution in [0.5, 0.6) is 0 Å². The van der Waals surface area contributed by atoms with E-state index in [2.05, 4.69) is 0 Å². The lowest BCUT2D eigenvalue weighted by Gasteiger charge is -2.19. The van der Waals surface area contributed by atoms with E-state index in [4.69, 9.17) is 5.41 Å². The summed E-state index contributed by atoms with van der Waals surface area (Å²) < 4.78 is 1.92. The van der Waals surface area contributed by atoms with Crippen LogP contribution >= 0.6 is 11.3 Å². The second kappa shape index (κ2) is 5.13. The second-order valence-electron chi connectivity index (χ2n) is 4.85. The molecule has 2 aromatic rings. The summed E-state index contributed by atoms with van der Waals surface area (Å²) in [5, 5.41) is 8.17. The highest BCUT2D eigenvalue weighted by atomic mass is 32.1. The Morgan fingerprint density at radius 1 is 1.21 bits per heavy atom. The molecular weight excluding hydrogens is 256 g/mol. The topological polar surface area (TPSA) is 45.9 Å². The molecule has 1 heterocycles. The van der Waals surface area contributed by atoms with Crippen LogP contribution in [0.15, 0.2) is 30.3 Å². The Bertz CT molecular complexity index is 642. The second-order valence-corrected chi connectivity index (χ2v) is 5.93. The number of nitrogens with zero attached hydrogens (tertiary/aromatic N) is 1. The van der Waals surface area contributed by atoms with E-state index in [-0.39, 0.29) is 6.04 Å². The van der Waals surface area contributed by atoms with Crippen molar-refractivity contribution >= 4 is 17.6 Å². The molecule has 0 saturated heterocycles. The largest absolute Gasteiger partial charge is 0.307 e. The summed E-state index contributed by atoms with van der Waals surface area (Å²) in [6.45, 7) is 0. The monoisotopic (exact) mass is 272 g/mol. The lowest BCUT2D eigenvalue weighted by atomic mass is 10.0. The minimum atomic E-state index is -0.355. The molecular formula is C15H16N2OS. The standard InChI is InChI=1S/C15H16N2OS/c16-15-17(12-8-4-5-9-14(12)19-15)13(10-18)11-6-2-1-3-7-11/h1-3,6-7,10,13,16H,4-5,8-9H2. The summed E-state index contributed by atoms with van der Waals surface area (Å²) in [7, 11) is 0. The Morgan fingerprint density at radius 2 is 1.95 bits per heavy atom. The number of aldehydes is 1. The van der Waals surface area contributed by atoms with E-state index in [1.54, 1.807) is 0 Å². The molecule has 0 spiro atoms. The summed E-state index contributed by atoms with van der Waals surface area (Å²) in [4.78, 5) is 13.3. The molecule has 0 saturated carbocycles.